The Balaban J connectivity index is 1.75. The predicted octanol–water partition coefficient (Wildman–Crippen LogP) is 2.59. The smallest absolute Gasteiger partial charge is 0.271 e. The summed E-state index contributed by atoms with van der Waals surface area (Å²) in [5, 5.41) is 2.79. The maximum Gasteiger partial charge on any atom is 0.271 e. The minimum atomic E-state index is -0.293. The number of carbonyl (C=O) groups excluding carboxylic acids is 2. The molecule has 1 saturated carbocycles. The lowest BCUT2D eigenvalue weighted by molar-refractivity contribution is -0.125. The maximum absolute atomic E-state index is 12.1. The van der Waals surface area contributed by atoms with Gasteiger partial charge in [0.05, 0.1) is 11.9 Å². The Kier molecular flexibility index (Phi) is 4.88. The molecule has 2 rings (SSSR count). The van der Waals surface area contributed by atoms with Crippen LogP contribution in [0.3, 0.4) is 0 Å². The zero-order chi connectivity index (χ0) is 13.7. The van der Waals surface area contributed by atoms with Gasteiger partial charge in [-0.1, -0.05) is 26.2 Å². The van der Waals surface area contributed by atoms with Gasteiger partial charge in [0.2, 0.25) is 5.91 Å². The lowest BCUT2D eigenvalue weighted by atomic mass is 9.79. The highest BCUT2D eigenvalue weighted by Gasteiger charge is 2.26. The second-order valence-electron chi connectivity index (χ2n) is 5.55. The van der Waals surface area contributed by atoms with E-state index < -0.39 is 0 Å². The lowest BCUT2D eigenvalue weighted by Crippen LogP contribution is -2.32. The van der Waals surface area contributed by atoms with Crippen LogP contribution < -0.4 is 5.32 Å². The Bertz CT molecular complexity index is 404. The van der Waals surface area contributed by atoms with Gasteiger partial charge in [-0.05, 0) is 31.6 Å². The number of carbonyl (C=O) groups is 2. The van der Waals surface area contributed by atoms with Gasteiger partial charge < -0.3 is 5.32 Å². The molecule has 1 heterocycles. The Morgan fingerprint density at radius 3 is 2.68 bits per heavy atom. The average Bonchev–Trinajstić information content (AvgIpc) is 2.82. The number of unbranched alkanes of at least 4 members (excludes halogenated alkanes) is 1. The second-order valence-corrected chi connectivity index (χ2v) is 5.55. The topological polar surface area (TPSA) is 58.5 Å². The molecule has 1 aliphatic carbocycles. The summed E-state index contributed by atoms with van der Waals surface area (Å²) in [6.45, 7) is 2.22. The quantitative estimate of drug-likeness (QED) is 0.828. The fourth-order valence-corrected chi connectivity index (χ4v) is 2.86. The van der Waals surface area contributed by atoms with E-state index in [-0.39, 0.29) is 17.7 Å². The van der Waals surface area contributed by atoms with Crippen LogP contribution in [0, 0.1) is 11.8 Å². The lowest BCUT2D eigenvalue weighted by Gasteiger charge is -2.27. The summed E-state index contributed by atoms with van der Waals surface area (Å²) >= 11 is 0. The standard InChI is InChI=1S/C15H22N2O2/c1-2-3-4-11-5-7-12(8-6-11)15(19)17-13-9-14(18)16-10-13/h9-12H,2-8H2,1H3,(H,17,19). The normalized spacial score (nSPS) is 26.4. The van der Waals surface area contributed by atoms with Crippen molar-refractivity contribution in [1.29, 1.82) is 0 Å². The molecule has 1 N–H and O–H groups in total. The summed E-state index contributed by atoms with van der Waals surface area (Å²) in [5.41, 5.74) is 0.531. The molecule has 0 aromatic rings. The van der Waals surface area contributed by atoms with Crippen LogP contribution in [-0.4, -0.2) is 18.0 Å². The van der Waals surface area contributed by atoms with E-state index in [4.69, 9.17) is 0 Å². The first kappa shape index (κ1) is 14.0. The van der Waals surface area contributed by atoms with Gasteiger partial charge >= 0.3 is 0 Å². The van der Waals surface area contributed by atoms with Crippen molar-refractivity contribution in [3.8, 4) is 0 Å². The summed E-state index contributed by atoms with van der Waals surface area (Å²) in [6.07, 6.45) is 10.9. The highest BCUT2D eigenvalue weighted by atomic mass is 16.2. The molecular weight excluding hydrogens is 240 g/mol. The molecule has 19 heavy (non-hydrogen) atoms. The van der Waals surface area contributed by atoms with Gasteiger partial charge in [0.1, 0.15) is 0 Å². The van der Waals surface area contributed by atoms with Crippen molar-refractivity contribution in [2.24, 2.45) is 16.8 Å². The molecule has 2 amide bonds. The molecular formula is C15H22N2O2. The van der Waals surface area contributed by atoms with E-state index in [1.807, 2.05) is 0 Å². The van der Waals surface area contributed by atoms with Crippen LogP contribution in [0.5, 0.6) is 0 Å². The van der Waals surface area contributed by atoms with Crippen molar-refractivity contribution >= 4 is 18.0 Å². The van der Waals surface area contributed by atoms with Crippen LogP contribution in [-0.2, 0) is 9.59 Å². The highest BCUT2D eigenvalue weighted by molar-refractivity contribution is 6.07. The van der Waals surface area contributed by atoms with Crippen LogP contribution in [0.1, 0.15) is 51.9 Å². The van der Waals surface area contributed by atoms with E-state index in [9.17, 15) is 9.59 Å². The summed E-state index contributed by atoms with van der Waals surface area (Å²) in [4.78, 5) is 26.6. The first-order valence-electron chi connectivity index (χ1n) is 7.29. The number of aliphatic imine (C=N–C) groups is 1. The largest absolute Gasteiger partial charge is 0.324 e. The number of nitrogens with one attached hydrogen (secondary N) is 1. The van der Waals surface area contributed by atoms with E-state index in [1.165, 1.54) is 31.6 Å². The van der Waals surface area contributed by atoms with E-state index in [0.717, 1.165) is 31.6 Å². The Morgan fingerprint density at radius 2 is 2.11 bits per heavy atom. The molecule has 0 spiro atoms. The summed E-state index contributed by atoms with van der Waals surface area (Å²) in [7, 11) is 0. The summed E-state index contributed by atoms with van der Waals surface area (Å²) in [5.74, 6) is 0.653. The molecule has 1 fully saturated rings. The number of amides is 2. The van der Waals surface area contributed by atoms with Gasteiger partial charge in [-0.3, -0.25) is 9.59 Å². The maximum atomic E-state index is 12.1. The van der Waals surface area contributed by atoms with Gasteiger partial charge in [0.15, 0.2) is 0 Å². The van der Waals surface area contributed by atoms with Crippen molar-refractivity contribution in [3.05, 3.63) is 11.8 Å². The fraction of sp³-hybridized carbons (Fsp3) is 0.667. The molecule has 0 atom stereocenters. The van der Waals surface area contributed by atoms with Crippen molar-refractivity contribution in [1.82, 2.24) is 5.32 Å². The SMILES string of the molecule is CCCCC1CCC(C(=O)NC2=CC(=O)N=C2)CC1. The molecule has 2 aliphatic rings. The molecule has 1 aliphatic heterocycles. The number of hydrogen-bond donors (Lipinski definition) is 1. The van der Waals surface area contributed by atoms with E-state index in [1.54, 1.807) is 0 Å². The van der Waals surface area contributed by atoms with Crippen molar-refractivity contribution in [2.75, 3.05) is 0 Å². The van der Waals surface area contributed by atoms with Crippen molar-refractivity contribution in [3.63, 3.8) is 0 Å². The summed E-state index contributed by atoms with van der Waals surface area (Å²) in [6, 6.07) is 0. The Hall–Kier alpha value is -1.45. The number of nitrogens with zero attached hydrogens (tertiary/aromatic N) is 1. The first-order chi connectivity index (χ1) is 9.19. The van der Waals surface area contributed by atoms with Gasteiger partial charge in [0, 0.05) is 12.0 Å². The third-order valence-electron chi connectivity index (χ3n) is 4.06. The van der Waals surface area contributed by atoms with E-state index in [2.05, 4.69) is 17.2 Å². The van der Waals surface area contributed by atoms with Crippen molar-refractivity contribution < 1.29 is 9.59 Å². The zero-order valence-corrected chi connectivity index (χ0v) is 11.5. The predicted molar refractivity (Wildman–Crippen MR) is 74.7 cm³/mol. The van der Waals surface area contributed by atoms with Gasteiger partial charge in [-0.25, -0.2) is 4.99 Å². The number of allylic oxidation sites excluding steroid dienone is 1. The Labute approximate surface area is 114 Å². The van der Waals surface area contributed by atoms with Crippen LogP contribution in [0.15, 0.2) is 16.8 Å². The van der Waals surface area contributed by atoms with Crippen LogP contribution in [0.25, 0.3) is 0 Å². The molecule has 0 radical (unpaired) electrons. The third kappa shape index (κ3) is 4.01. The van der Waals surface area contributed by atoms with Crippen molar-refractivity contribution in [2.45, 2.75) is 51.9 Å². The fourth-order valence-electron chi connectivity index (χ4n) is 2.86. The monoisotopic (exact) mass is 262 g/mol. The molecule has 0 aromatic carbocycles. The van der Waals surface area contributed by atoms with E-state index >= 15 is 0 Å². The molecule has 4 nitrogen and oxygen atoms in total. The minimum absolute atomic E-state index is 0.0429. The van der Waals surface area contributed by atoms with Gasteiger partial charge in [0.25, 0.3) is 5.91 Å². The zero-order valence-electron chi connectivity index (χ0n) is 11.5. The third-order valence-corrected chi connectivity index (χ3v) is 4.06. The second kappa shape index (κ2) is 6.64. The molecule has 0 saturated heterocycles. The van der Waals surface area contributed by atoms with Crippen LogP contribution in [0.4, 0.5) is 0 Å². The first-order valence-corrected chi connectivity index (χ1v) is 7.29. The molecule has 4 heteroatoms. The number of hydrogen-bond acceptors (Lipinski definition) is 2. The van der Waals surface area contributed by atoms with Crippen LogP contribution >= 0.6 is 0 Å². The average molecular weight is 262 g/mol. The number of rotatable bonds is 5. The highest BCUT2D eigenvalue weighted by Crippen LogP contribution is 2.32. The van der Waals surface area contributed by atoms with Gasteiger partial charge in [-0.15, -0.1) is 0 Å². The summed E-state index contributed by atoms with van der Waals surface area (Å²) < 4.78 is 0. The molecule has 0 bridgehead atoms. The van der Waals surface area contributed by atoms with E-state index in [0.29, 0.717) is 5.70 Å². The van der Waals surface area contributed by atoms with Gasteiger partial charge in [-0.2, -0.15) is 0 Å². The molecule has 104 valence electrons. The molecule has 0 unspecified atom stereocenters. The molecule has 0 aromatic heterocycles. The Morgan fingerprint density at radius 1 is 1.37 bits per heavy atom. The van der Waals surface area contributed by atoms with Crippen LogP contribution in [0.2, 0.25) is 0 Å². The minimum Gasteiger partial charge on any atom is -0.324 e.